The van der Waals surface area contributed by atoms with Crippen LogP contribution in [-0.4, -0.2) is 34.8 Å². The van der Waals surface area contributed by atoms with Crippen LogP contribution in [0.3, 0.4) is 0 Å². The van der Waals surface area contributed by atoms with Gasteiger partial charge in [-0.15, -0.1) is 0 Å². The lowest BCUT2D eigenvalue weighted by atomic mass is 9.96. The highest BCUT2D eigenvalue weighted by molar-refractivity contribution is 7.89. The van der Waals surface area contributed by atoms with Crippen molar-refractivity contribution >= 4 is 10.0 Å². The smallest absolute Gasteiger partial charge is 0.330 e. The number of aliphatic hydroxyl groups is 1. The Hall–Kier alpha value is -1.45. The summed E-state index contributed by atoms with van der Waals surface area (Å²) in [6, 6.07) is 0. The molecule has 0 amide bonds. The average molecular weight is 319 g/mol. The lowest BCUT2D eigenvalue weighted by molar-refractivity contribution is 0.172. The standard InChI is InChI=1S/C12H21N3O5S/c1-5-12(6-2,8-16)13-21(19,20)9-7-14(3)11(18)15(4)10(9)17/h7,13,16H,5-6,8H2,1-4H3. The van der Waals surface area contributed by atoms with E-state index in [0.717, 1.165) is 15.3 Å². The van der Waals surface area contributed by atoms with E-state index in [2.05, 4.69) is 4.72 Å². The predicted molar refractivity (Wildman–Crippen MR) is 77.6 cm³/mol. The van der Waals surface area contributed by atoms with E-state index in [4.69, 9.17) is 0 Å². The monoisotopic (exact) mass is 319 g/mol. The first-order chi connectivity index (χ1) is 9.64. The van der Waals surface area contributed by atoms with Gasteiger partial charge in [-0.25, -0.2) is 17.9 Å². The number of hydrogen-bond acceptors (Lipinski definition) is 5. The largest absolute Gasteiger partial charge is 0.394 e. The molecule has 0 fully saturated rings. The third-order valence-corrected chi connectivity index (χ3v) is 5.27. The summed E-state index contributed by atoms with van der Waals surface area (Å²) >= 11 is 0. The van der Waals surface area contributed by atoms with Gasteiger partial charge < -0.3 is 9.67 Å². The minimum Gasteiger partial charge on any atom is -0.394 e. The molecule has 9 heteroatoms. The Bertz CT molecular complexity index is 720. The zero-order valence-corrected chi connectivity index (χ0v) is 13.4. The van der Waals surface area contributed by atoms with Crippen LogP contribution < -0.4 is 16.0 Å². The highest BCUT2D eigenvalue weighted by Gasteiger charge is 2.33. The first-order valence-corrected chi connectivity index (χ1v) is 8.04. The molecule has 1 aromatic heterocycles. The molecule has 0 aliphatic carbocycles. The van der Waals surface area contributed by atoms with Crippen LogP contribution in [0.2, 0.25) is 0 Å². The van der Waals surface area contributed by atoms with Crippen LogP contribution in [-0.2, 0) is 24.1 Å². The van der Waals surface area contributed by atoms with E-state index in [1.54, 1.807) is 13.8 Å². The molecule has 0 bridgehead atoms. The van der Waals surface area contributed by atoms with Crippen molar-refractivity contribution in [1.29, 1.82) is 0 Å². The summed E-state index contributed by atoms with van der Waals surface area (Å²) in [5, 5.41) is 9.44. The molecule has 0 spiro atoms. The Morgan fingerprint density at radius 3 is 2.19 bits per heavy atom. The predicted octanol–water partition coefficient (Wildman–Crippen LogP) is -1.09. The molecular weight excluding hydrogens is 298 g/mol. The Balaban J connectivity index is 3.47. The summed E-state index contributed by atoms with van der Waals surface area (Å²) in [6.07, 6.45) is 1.72. The Labute approximate surface area is 123 Å². The van der Waals surface area contributed by atoms with Gasteiger partial charge in [-0.3, -0.25) is 9.36 Å². The van der Waals surface area contributed by atoms with Crippen molar-refractivity contribution in [1.82, 2.24) is 13.9 Å². The molecule has 120 valence electrons. The van der Waals surface area contributed by atoms with Gasteiger partial charge in [-0.1, -0.05) is 13.8 Å². The van der Waals surface area contributed by atoms with Gasteiger partial charge in [0.2, 0.25) is 10.0 Å². The zero-order valence-electron chi connectivity index (χ0n) is 12.6. The minimum atomic E-state index is -4.15. The maximum atomic E-state index is 12.4. The van der Waals surface area contributed by atoms with Gasteiger partial charge in [-0.05, 0) is 12.8 Å². The SMILES string of the molecule is CCC(CC)(CO)NS(=O)(=O)c1cn(C)c(=O)n(C)c1=O. The van der Waals surface area contributed by atoms with Gasteiger partial charge in [-0.2, -0.15) is 0 Å². The number of aryl methyl sites for hydroxylation is 1. The maximum Gasteiger partial charge on any atom is 0.330 e. The summed E-state index contributed by atoms with van der Waals surface area (Å²) in [5.41, 5.74) is -2.54. The molecule has 0 unspecified atom stereocenters. The second-order valence-electron chi connectivity index (χ2n) is 5.00. The van der Waals surface area contributed by atoms with Crippen molar-refractivity contribution in [2.75, 3.05) is 6.61 Å². The number of sulfonamides is 1. The summed E-state index contributed by atoms with van der Waals surface area (Å²) in [5.74, 6) is 0. The average Bonchev–Trinajstić information content (AvgIpc) is 2.46. The molecule has 1 rings (SSSR count). The molecule has 0 radical (unpaired) electrons. The topological polar surface area (TPSA) is 110 Å². The van der Waals surface area contributed by atoms with Crippen molar-refractivity contribution < 1.29 is 13.5 Å². The van der Waals surface area contributed by atoms with Crippen LogP contribution in [0.1, 0.15) is 26.7 Å². The number of nitrogens with one attached hydrogen (secondary N) is 1. The fourth-order valence-electron chi connectivity index (χ4n) is 1.95. The number of rotatable bonds is 6. The highest BCUT2D eigenvalue weighted by atomic mass is 32.2. The van der Waals surface area contributed by atoms with Gasteiger partial charge in [0.15, 0.2) is 4.90 Å². The molecule has 1 aromatic rings. The zero-order chi connectivity index (χ0) is 16.4. The maximum absolute atomic E-state index is 12.4. The fraction of sp³-hybridized carbons (Fsp3) is 0.667. The van der Waals surface area contributed by atoms with E-state index in [1.165, 1.54) is 14.1 Å². The molecule has 8 nitrogen and oxygen atoms in total. The lowest BCUT2D eigenvalue weighted by Gasteiger charge is -2.30. The first-order valence-electron chi connectivity index (χ1n) is 6.55. The molecule has 2 N–H and O–H groups in total. The lowest BCUT2D eigenvalue weighted by Crippen LogP contribution is -2.52. The van der Waals surface area contributed by atoms with Crippen LogP contribution in [0.4, 0.5) is 0 Å². The van der Waals surface area contributed by atoms with E-state index >= 15 is 0 Å². The first kappa shape index (κ1) is 17.6. The van der Waals surface area contributed by atoms with E-state index in [9.17, 15) is 23.1 Å². The molecule has 0 aliphatic heterocycles. The third-order valence-electron chi connectivity index (χ3n) is 3.71. The van der Waals surface area contributed by atoms with Gasteiger partial charge in [0.25, 0.3) is 5.56 Å². The van der Waals surface area contributed by atoms with Gasteiger partial charge in [0.05, 0.1) is 12.1 Å². The third kappa shape index (κ3) is 3.25. The van der Waals surface area contributed by atoms with Crippen LogP contribution in [0, 0.1) is 0 Å². The number of hydrogen-bond donors (Lipinski definition) is 2. The quantitative estimate of drug-likeness (QED) is 0.692. The minimum absolute atomic E-state index is 0.366. The van der Waals surface area contributed by atoms with Crippen molar-refractivity contribution in [2.24, 2.45) is 14.1 Å². The molecule has 0 atom stereocenters. The number of aliphatic hydroxyl groups excluding tert-OH is 1. The van der Waals surface area contributed by atoms with Gasteiger partial charge >= 0.3 is 5.69 Å². The van der Waals surface area contributed by atoms with Crippen LogP contribution in [0.15, 0.2) is 20.7 Å². The second kappa shape index (κ2) is 6.12. The molecule has 1 heterocycles. The summed E-state index contributed by atoms with van der Waals surface area (Å²) in [6.45, 7) is 3.09. The van der Waals surface area contributed by atoms with Crippen LogP contribution in [0.25, 0.3) is 0 Å². The molecule has 21 heavy (non-hydrogen) atoms. The van der Waals surface area contributed by atoms with E-state index in [0.29, 0.717) is 12.8 Å². The fourth-order valence-corrected chi connectivity index (χ4v) is 3.65. The molecular formula is C12H21N3O5S. The summed E-state index contributed by atoms with van der Waals surface area (Å²) in [4.78, 5) is 23.1. The molecule has 0 saturated heterocycles. The molecule has 0 aliphatic rings. The molecule has 0 saturated carbocycles. The van der Waals surface area contributed by atoms with E-state index in [-0.39, 0.29) is 6.61 Å². The van der Waals surface area contributed by atoms with Crippen LogP contribution in [0.5, 0.6) is 0 Å². The Kier molecular flexibility index (Phi) is 5.13. The van der Waals surface area contributed by atoms with Crippen molar-refractivity contribution in [2.45, 2.75) is 37.1 Å². The normalized spacial score (nSPS) is 12.6. The molecule has 0 aromatic carbocycles. The van der Waals surface area contributed by atoms with E-state index < -0.39 is 31.7 Å². The van der Waals surface area contributed by atoms with E-state index in [1.807, 2.05) is 0 Å². The van der Waals surface area contributed by atoms with Crippen molar-refractivity contribution in [3.8, 4) is 0 Å². The Morgan fingerprint density at radius 1 is 1.24 bits per heavy atom. The number of nitrogens with zero attached hydrogens (tertiary/aromatic N) is 2. The Morgan fingerprint density at radius 2 is 1.76 bits per heavy atom. The summed E-state index contributed by atoms with van der Waals surface area (Å²) < 4.78 is 29.0. The summed E-state index contributed by atoms with van der Waals surface area (Å²) in [7, 11) is -1.58. The van der Waals surface area contributed by atoms with Gasteiger partial charge in [0.1, 0.15) is 0 Å². The second-order valence-corrected chi connectivity index (χ2v) is 6.65. The van der Waals surface area contributed by atoms with Gasteiger partial charge in [0, 0.05) is 20.3 Å². The van der Waals surface area contributed by atoms with Crippen LogP contribution >= 0.6 is 0 Å². The number of aromatic nitrogens is 2. The highest BCUT2D eigenvalue weighted by Crippen LogP contribution is 2.17. The van der Waals surface area contributed by atoms with Crippen molar-refractivity contribution in [3.05, 3.63) is 27.0 Å². The van der Waals surface area contributed by atoms with Crippen molar-refractivity contribution in [3.63, 3.8) is 0 Å².